The van der Waals surface area contributed by atoms with Gasteiger partial charge < -0.3 is 20.3 Å². The number of ether oxygens (including phenoxy) is 1. The SMILES string of the molecule is CC.O=C(Nc1ccc(C(=O)c2ccc(NC(=O)c3ccnc(Cl)c3)cc2)cc1)c1ccc(N2CCOCC2)cc1. The van der Waals surface area contributed by atoms with E-state index in [0.717, 1.165) is 18.8 Å². The van der Waals surface area contributed by atoms with Crippen LogP contribution in [0.15, 0.2) is 91.1 Å². The number of halogens is 1. The standard InChI is InChI=1S/C30H25ClN4O4.C2H6/c31-27-19-23(13-14-32-27)30(38)34-25-9-3-21(4-10-25)28(36)20-1-7-24(8-2-20)33-29(37)22-5-11-26(12-6-22)35-15-17-39-18-16-35;1-2/h1-14,19H,15-18H2,(H,33,37)(H,34,38);1-2H3. The Morgan fingerprint density at radius 2 is 1.20 bits per heavy atom. The van der Waals surface area contributed by atoms with Crippen LogP contribution in [0.2, 0.25) is 5.15 Å². The molecule has 2 N–H and O–H groups in total. The molecule has 1 aromatic heterocycles. The Balaban J connectivity index is 0.00000189. The van der Waals surface area contributed by atoms with E-state index in [1.807, 2.05) is 26.0 Å². The molecule has 8 nitrogen and oxygen atoms in total. The summed E-state index contributed by atoms with van der Waals surface area (Å²) in [5, 5.41) is 5.86. The molecular weight excluding hydrogens is 540 g/mol. The first-order valence-corrected chi connectivity index (χ1v) is 13.8. The van der Waals surface area contributed by atoms with Gasteiger partial charge in [-0.3, -0.25) is 14.4 Å². The van der Waals surface area contributed by atoms with Gasteiger partial charge in [0.2, 0.25) is 0 Å². The second-order valence-corrected chi connectivity index (χ2v) is 9.29. The Bertz CT molecular complexity index is 1480. The van der Waals surface area contributed by atoms with E-state index < -0.39 is 0 Å². The molecule has 1 saturated heterocycles. The zero-order valence-corrected chi connectivity index (χ0v) is 23.6. The molecule has 0 bridgehead atoms. The molecule has 210 valence electrons. The van der Waals surface area contributed by atoms with Crippen molar-refractivity contribution in [1.29, 1.82) is 0 Å². The highest BCUT2D eigenvalue weighted by atomic mass is 35.5. The van der Waals surface area contributed by atoms with Gasteiger partial charge in [-0.2, -0.15) is 0 Å². The number of nitrogens with one attached hydrogen (secondary N) is 2. The molecule has 1 fully saturated rings. The summed E-state index contributed by atoms with van der Waals surface area (Å²) in [5.74, 6) is -0.733. The zero-order chi connectivity index (χ0) is 29.2. The number of amides is 2. The number of anilines is 3. The number of hydrogen-bond acceptors (Lipinski definition) is 6. The quantitative estimate of drug-likeness (QED) is 0.199. The number of pyridine rings is 1. The van der Waals surface area contributed by atoms with Crippen LogP contribution >= 0.6 is 11.6 Å². The molecule has 9 heteroatoms. The summed E-state index contributed by atoms with van der Waals surface area (Å²) in [6, 6.07) is 23.9. The van der Waals surface area contributed by atoms with E-state index >= 15 is 0 Å². The van der Waals surface area contributed by atoms with Gasteiger partial charge >= 0.3 is 0 Å². The number of hydrogen-bond donors (Lipinski definition) is 2. The zero-order valence-electron chi connectivity index (χ0n) is 22.9. The first kappa shape index (κ1) is 29.5. The molecule has 2 amide bonds. The van der Waals surface area contributed by atoms with E-state index in [9.17, 15) is 14.4 Å². The van der Waals surface area contributed by atoms with Crippen LogP contribution in [-0.4, -0.2) is 48.9 Å². The predicted molar refractivity (Wildman–Crippen MR) is 162 cm³/mol. The number of carbonyl (C=O) groups excluding carboxylic acids is 3. The molecule has 0 radical (unpaired) electrons. The van der Waals surface area contributed by atoms with E-state index in [0.29, 0.717) is 46.8 Å². The van der Waals surface area contributed by atoms with Crippen molar-refractivity contribution in [2.24, 2.45) is 0 Å². The molecular formula is C32H31ClN4O4. The summed E-state index contributed by atoms with van der Waals surface area (Å²) in [5.41, 5.74) is 4.07. The Labute approximate surface area is 244 Å². The van der Waals surface area contributed by atoms with Gasteiger partial charge in [0.15, 0.2) is 5.78 Å². The topological polar surface area (TPSA) is 101 Å². The minimum atomic E-state index is -0.330. The molecule has 0 spiro atoms. The molecule has 4 aromatic rings. The van der Waals surface area contributed by atoms with Crippen LogP contribution in [0.5, 0.6) is 0 Å². The first-order valence-electron chi connectivity index (χ1n) is 13.4. The molecule has 0 atom stereocenters. The van der Waals surface area contributed by atoms with Gasteiger partial charge in [-0.1, -0.05) is 25.4 Å². The van der Waals surface area contributed by atoms with Crippen molar-refractivity contribution >= 4 is 46.3 Å². The molecule has 41 heavy (non-hydrogen) atoms. The highest BCUT2D eigenvalue weighted by molar-refractivity contribution is 6.29. The van der Waals surface area contributed by atoms with Gasteiger partial charge in [0.25, 0.3) is 11.8 Å². The maximum atomic E-state index is 12.9. The highest BCUT2D eigenvalue weighted by Gasteiger charge is 2.14. The maximum Gasteiger partial charge on any atom is 0.255 e. The number of morpholine rings is 1. The van der Waals surface area contributed by atoms with Crippen molar-refractivity contribution in [1.82, 2.24) is 4.98 Å². The van der Waals surface area contributed by atoms with Crippen molar-refractivity contribution in [3.8, 4) is 0 Å². The number of nitrogens with zero attached hydrogens (tertiary/aromatic N) is 2. The first-order chi connectivity index (χ1) is 20.0. The second-order valence-electron chi connectivity index (χ2n) is 8.91. The van der Waals surface area contributed by atoms with Gasteiger partial charge in [0.1, 0.15) is 5.15 Å². The van der Waals surface area contributed by atoms with E-state index in [1.54, 1.807) is 66.7 Å². The van der Waals surface area contributed by atoms with Crippen molar-refractivity contribution in [2.45, 2.75) is 13.8 Å². The van der Waals surface area contributed by atoms with Crippen LogP contribution in [0.1, 0.15) is 50.5 Å². The van der Waals surface area contributed by atoms with Crippen LogP contribution < -0.4 is 15.5 Å². The Kier molecular flexibility index (Phi) is 10.2. The molecule has 2 heterocycles. The minimum Gasteiger partial charge on any atom is -0.378 e. The Hall–Kier alpha value is -4.53. The van der Waals surface area contributed by atoms with E-state index in [4.69, 9.17) is 16.3 Å². The number of rotatable bonds is 7. The van der Waals surface area contributed by atoms with Crippen molar-refractivity contribution in [3.05, 3.63) is 119 Å². The van der Waals surface area contributed by atoms with Crippen molar-refractivity contribution in [3.63, 3.8) is 0 Å². The second kappa shape index (κ2) is 14.2. The monoisotopic (exact) mass is 570 g/mol. The molecule has 1 aliphatic rings. The summed E-state index contributed by atoms with van der Waals surface area (Å²) < 4.78 is 5.39. The largest absolute Gasteiger partial charge is 0.378 e. The average molecular weight is 571 g/mol. The summed E-state index contributed by atoms with van der Waals surface area (Å²) in [6.07, 6.45) is 1.46. The molecule has 0 unspecified atom stereocenters. The summed E-state index contributed by atoms with van der Waals surface area (Å²) in [6.45, 7) is 7.07. The minimum absolute atomic E-state index is 0.176. The van der Waals surface area contributed by atoms with Crippen LogP contribution in [0.25, 0.3) is 0 Å². The summed E-state index contributed by atoms with van der Waals surface area (Å²) in [7, 11) is 0. The molecule has 3 aromatic carbocycles. The summed E-state index contributed by atoms with van der Waals surface area (Å²) in [4.78, 5) is 44.1. The Morgan fingerprint density at radius 3 is 1.71 bits per heavy atom. The smallest absolute Gasteiger partial charge is 0.255 e. The lowest BCUT2D eigenvalue weighted by Crippen LogP contribution is -2.36. The number of ketones is 1. The van der Waals surface area contributed by atoms with E-state index in [1.165, 1.54) is 12.3 Å². The van der Waals surface area contributed by atoms with Gasteiger partial charge in [-0.25, -0.2) is 4.98 Å². The molecule has 0 aliphatic carbocycles. The number of benzene rings is 3. The third-order valence-electron chi connectivity index (χ3n) is 6.30. The van der Waals surface area contributed by atoms with Crippen LogP contribution in [0.4, 0.5) is 17.1 Å². The average Bonchev–Trinajstić information content (AvgIpc) is 3.03. The molecule has 1 aliphatic heterocycles. The fraction of sp³-hybridized carbons (Fsp3) is 0.188. The van der Waals surface area contributed by atoms with Gasteiger partial charge in [-0.15, -0.1) is 0 Å². The third kappa shape index (κ3) is 7.78. The fourth-order valence-corrected chi connectivity index (χ4v) is 4.35. The third-order valence-corrected chi connectivity index (χ3v) is 6.51. The lowest BCUT2D eigenvalue weighted by Gasteiger charge is -2.28. The lowest BCUT2D eigenvalue weighted by molar-refractivity contribution is 0.101. The van der Waals surface area contributed by atoms with E-state index in [2.05, 4.69) is 20.5 Å². The van der Waals surface area contributed by atoms with Gasteiger partial charge in [-0.05, 0) is 84.9 Å². The highest BCUT2D eigenvalue weighted by Crippen LogP contribution is 2.20. The Morgan fingerprint density at radius 1 is 0.707 bits per heavy atom. The molecule has 5 rings (SSSR count). The number of carbonyl (C=O) groups is 3. The van der Waals surface area contributed by atoms with Crippen LogP contribution in [0.3, 0.4) is 0 Å². The van der Waals surface area contributed by atoms with Crippen LogP contribution in [-0.2, 0) is 4.74 Å². The normalized spacial score (nSPS) is 12.5. The predicted octanol–water partition coefficient (Wildman–Crippen LogP) is 6.33. The van der Waals surface area contributed by atoms with E-state index in [-0.39, 0.29) is 22.8 Å². The molecule has 0 saturated carbocycles. The van der Waals surface area contributed by atoms with Gasteiger partial charge in [0, 0.05) is 58.6 Å². The summed E-state index contributed by atoms with van der Waals surface area (Å²) >= 11 is 5.84. The maximum absolute atomic E-state index is 12.9. The van der Waals surface area contributed by atoms with Gasteiger partial charge in [0.05, 0.1) is 13.2 Å². The lowest BCUT2D eigenvalue weighted by atomic mass is 10.0. The fourth-order valence-electron chi connectivity index (χ4n) is 4.17. The van der Waals surface area contributed by atoms with Crippen molar-refractivity contribution in [2.75, 3.05) is 41.8 Å². The number of aromatic nitrogens is 1. The van der Waals surface area contributed by atoms with Crippen LogP contribution in [0, 0.1) is 0 Å². The van der Waals surface area contributed by atoms with Crippen molar-refractivity contribution < 1.29 is 19.1 Å².